The summed E-state index contributed by atoms with van der Waals surface area (Å²) >= 11 is 0. The van der Waals surface area contributed by atoms with Gasteiger partial charge in [-0.1, -0.05) is 6.92 Å². The number of benzene rings is 1. The zero-order valence-corrected chi connectivity index (χ0v) is 13.8. The van der Waals surface area contributed by atoms with Crippen molar-refractivity contribution in [2.45, 2.75) is 26.3 Å². The van der Waals surface area contributed by atoms with E-state index in [-0.39, 0.29) is 5.91 Å². The van der Waals surface area contributed by atoms with Crippen molar-refractivity contribution in [3.63, 3.8) is 0 Å². The monoisotopic (exact) mass is 292 g/mol. The second-order valence-corrected chi connectivity index (χ2v) is 5.66. The van der Waals surface area contributed by atoms with E-state index in [1.165, 1.54) is 0 Å². The summed E-state index contributed by atoms with van der Waals surface area (Å²) in [5.74, 6) is -0.0791. The fourth-order valence-corrected chi connectivity index (χ4v) is 2.08. The summed E-state index contributed by atoms with van der Waals surface area (Å²) in [5, 5.41) is 2.93. The Kier molecular flexibility index (Phi) is 6.49. The fraction of sp³-hybridized carbons (Fsp3) is 0.562. The van der Waals surface area contributed by atoms with Crippen molar-refractivity contribution in [2.75, 3.05) is 44.9 Å². The van der Waals surface area contributed by atoms with Gasteiger partial charge in [0.1, 0.15) is 0 Å². The molecule has 1 rings (SSSR count). The Bertz CT molecular complexity index is 473. The second-order valence-electron chi connectivity index (χ2n) is 5.66. The van der Waals surface area contributed by atoms with Gasteiger partial charge in [-0.25, -0.2) is 0 Å². The minimum atomic E-state index is -0.0791. The normalized spacial score (nSPS) is 12.3. The van der Waals surface area contributed by atoms with Crippen LogP contribution in [0.25, 0.3) is 0 Å². The van der Waals surface area contributed by atoms with Crippen molar-refractivity contribution in [2.24, 2.45) is 0 Å². The lowest BCUT2D eigenvalue weighted by Crippen LogP contribution is -2.37. The molecule has 3 N–H and O–H groups in total. The molecule has 5 nitrogen and oxygen atoms in total. The van der Waals surface area contributed by atoms with Gasteiger partial charge < -0.3 is 20.9 Å². The highest BCUT2D eigenvalue weighted by molar-refractivity contribution is 5.96. The summed E-state index contributed by atoms with van der Waals surface area (Å²) < 4.78 is 0. The van der Waals surface area contributed by atoms with Gasteiger partial charge in [0.25, 0.3) is 5.91 Å². The summed E-state index contributed by atoms with van der Waals surface area (Å²) in [6.07, 6.45) is 1.10. The van der Waals surface area contributed by atoms with Crippen LogP contribution >= 0.6 is 0 Å². The first-order chi connectivity index (χ1) is 9.86. The SMILES string of the molecule is CCC(C)N(C)CCNC(=O)c1ccc(N(C)C)c(N)c1. The van der Waals surface area contributed by atoms with E-state index in [4.69, 9.17) is 5.73 Å². The smallest absolute Gasteiger partial charge is 0.251 e. The number of carbonyl (C=O) groups excluding carboxylic acids is 1. The van der Waals surface area contributed by atoms with Gasteiger partial charge in [0.15, 0.2) is 0 Å². The number of nitrogens with two attached hydrogens (primary N) is 1. The van der Waals surface area contributed by atoms with E-state index < -0.39 is 0 Å². The molecule has 1 atom stereocenters. The Morgan fingerprint density at radius 1 is 1.33 bits per heavy atom. The topological polar surface area (TPSA) is 61.6 Å². The average molecular weight is 292 g/mol. The number of carbonyl (C=O) groups is 1. The standard InChI is InChI=1S/C16H28N4O/c1-6-12(2)20(5)10-9-18-16(21)13-7-8-15(19(3)4)14(17)11-13/h7-8,11-12H,6,9-10,17H2,1-5H3,(H,18,21). The van der Waals surface area contributed by atoms with E-state index in [0.29, 0.717) is 23.8 Å². The Balaban J connectivity index is 2.55. The molecule has 0 aliphatic rings. The molecule has 0 spiro atoms. The number of rotatable bonds is 7. The highest BCUT2D eigenvalue weighted by Gasteiger charge is 2.10. The molecule has 0 saturated heterocycles. The molecule has 0 fully saturated rings. The van der Waals surface area contributed by atoms with E-state index in [9.17, 15) is 4.79 Å². The number of likely N-dealkylation sites (N-methyl/N-ethyl adjacent to an activating group) is 1. The third-order valence-corrected chi connectivity index (χ3v) is 3.86. The lowest BCUT2D eigenvalue weighted by atomic mass is 10.1. The van der Waals surface area contributed by atoms with Crippen molar-refractivity contribution in [1.82, 2.24) is 10.2 Å². The van der Waals surface area contributed by atoms with Gasteiger partial charge in [-0.2, -0.15) is 0 Å². The number of hydrogen-bond donors (Lipinski definition) is 2. The van der Waals surface area contributed by atoms with E-state index in [2.05, 4.69) is 31.1 Å². The van der Waals surface area contributed by atoms with Crippen LogP contribution in [0.5, 0.6) is 0 Å². The highest BCUT2D eigenvalue weighted by Crippen LogP contribution is 2.22. The molecule has 1 unspecified atom stereocenters. The summed E-state index contributed by atoms with van der Waals surface area (Å²) in [6.45, 7) is 5.82. The molecule has 0 bridgehead atoms. The van der Waals surface area contributed by atoms with E-state index in [1.54, 1.807) is 12.1 Å². The minimum absolute atomic E-state index is 0.0791. The summed E-state index contributed by atoms with van der Waals surface area (Å²) in [4.78, 5) is 16.3. The predicted molar refractivity (Wildman–Crippen MR) is 89.9 cm³/mol. The van der Waals surface area contributed by atoms with E-state index in [0.717, 1.165) is 18.7 Å². The molecule has 1 aromatic rings. The quantitative estimate of drug-likeness (QED) is 0.752. The molecule has 21 heavy (non-hydrogen) atoms. The molecular weight excluding hydrogens is 264 g/mol. The summed E-state index contributed by atoms with van der Waals surface area (Å²) in [6, 6.07) is 5.93. The summed E-state index contributed by atoms with van der Waals surface area (Å²) in [7, 11) is 5.93. The molecule has 118 valence electrons. The Morgan fingerprint density at radius 2 is 2.00 bits per heavy atom. The largest absolute Gasteiger partial charge is 0.397 e. The van der Waals surface area contributed by atoms with Crippen molar-refractivity contribution in [3.8, 4) is 0 Å². The molecule has 0 heterocycles. The van der Waals surface area contributed by atoms with Crippen LogP contribution < -0.4 is 16.0 Å². The molecule has 0 aliphatic heterocycles. The number of anilines is 2. The molecule has 1 amide bonds. The van der Waals surface area contributed by atoms with Crippen LogP contribution in [0.15, 0.2) is 18.2 Å². The Labute approximate surface area is 128 Å². The van der Waals surface area contributed by atoms with Crippen LogP contribution in [-0.2, 0) is 0 Å². The Morgan fingerprint density at radius 3 is 2.52 bits per heavy atom. The van der Waals surface area contributed by atoms with Crippen LogP contribution in [0.3, 0.4) is 0 Å². The predicted octanol–water partition coefficient (Wildman–Crippen LogP) is 1.79. The van der Waals surface area contributed by atoms with Gasteiger partial charge >= 0.3 is 0 Å². The van der Waals surface area contributed by atoms with Crippen LogP contribution in [0.1, 0.15) is 30.6 Å². The van der Waals surface area contributed by atoms with Gasteiger partial charge in [0.2, 0.25) is 0 Å². The lowest BCUT2D eigenvalue weighted by molar-refractivity contribution is 0.0947. The molecule has 1 aromatic carbocycles. The van der Waals surface area contributed by atoms with Gasteiger partial charge in [-0.15, -0.1) is 0 Å². The maximum absolute atomic E-state index is 12.1. The first kappa shape index (κ1) is 17.3. The number of amides is 1. The number of nitrogen functional groups attached to an aromatic ring is 1. The lowest BCUT2D eigenvalue weighted by Gasteiger charge is -2.23. The Hall–Kier alpha value is -1.75. The number of hydrogen-bond acceptors (Lipinski definition) is 4. The van der Waals surface area contributed by atoms with Crippen molar-refractivity contribution < 1.29 is 4.79 Å². The number of nitrogens with one attached hydrogen (secondary N) is 1. The average Bonchev–Trinajstić information content (AvgIpc) is 2.45. The third kappa shape index (κ3) is 4.93. The van der Waals surface area contributed by atoms with Crippen LogP contribution in [0.4, 0.5) is 11.4 Å². The molecule has 0 aliphatic carbocycles. The first-order valence-corrected chi connectivity index (χ1v) is 7.42. The van der Waals surface area contributed by atoms with Gasteiger partial charge in [0, 0.05) is 38.8 Å². The van der Waals surface area contributed by atoms with Gasteiger partial charge in [-0.05, 0) is 38.6 Å². The molecule has 5 heteroatoms. The van der Waals surface area contributed by atoms with Gasteiger partial charge in [-0.3, -0.25) is 4.79 Å². The molecule has 0 saturated carbocycles. The third-order valence-electron chi connectivity index (χ3n) is 3.86. The van der Waals surface area contributed by atoms with Gasteiger partial charge in [0.05, 0.1) is 11.4 Å². The van der Waals surface area contributed by atoms with E-state index in [1.807, 2.05) is 25.1 Å². The van der Waals surface area contributed by atoms with Crippen LogP contribution in [0.2, 0.25) is 0 Å². The minimum Gasteiger partial charge on any atom is -0.397 e. The maximum atomic E-state index is 12.1. The van der Waals surface area contributed by atoms with Crippen molar-refractivity contribution in [1.29, 1.82) is 0 Å². The molecular formula is C16H28N4O. The number of nitrogens with zero attached hydrogens (tertiary/aromatic N) is 2. The zero-order valence-electron chi connectivity index (χ0n) is 13.8. The van der Waals surface area contributed by atoms with Crippen molar-refractivity contribution in [3.05, 3.63) is 23.8 Å². The summed E-state index contributed by atoms with van der Waals surface area (Å²) in [5.41, 5.74) is 8.10. The highest BCUT2D eigenvalue weighted by atomic mass is 16.1. The molecule has 0 radical (unpaired) electrons. The first-order valence-electron chi connectivity index (χ1n) is 7.42. The van der Waals surface area contributed by atoms with Crippen molar-refractivity contribution >= 4 is 17.3 Å². The zero-order chi connectivity index (χ0) is 16.0. The van der Waals surface area contributed by atoms with Crippen LogP contribution in [-0.4, -0.2) is 51.1 Å². The maximum Gasteiger partial charge on any atom is 0.251 e. The fourth-order valence-electron chi connectivity index (χ4n) is 2.08. The second kappa shape index (κ2) is 7.88. The van der Waals surface area contributed by atoms with Crippen LogP contribution in [0, 0.1) is 0 Å². The van der Waals surface area contributed by atoms with E-state index >= 15 is 0 Å². The molecule has 0 aromatic heterocycles.